The molecule has 1 saturated heterocycles. The van der Waals surface area contributed by atoms with Gasteiger partial charge in [0.15, 0.2) is 5.58 Å². The summed E-state index contributed by atoms with van der Waals surface area (Å²) in [6.07, 6.45) is 2.78. The molecule has 5 heteroatoms. The fraction of sp³-hybridized carbons (Fsp3) is 0.467. The summed E-state index contributed by atoms with van der Waals surface area (Å²) in [4.78, 5) is 2.44. The van der Waals surface area contributed by atoms with Crippen molar-refractivity contribution in [3.8, 4) is 0 Å². The van der Waals surface area contributed by atoms with E-state index in [0.717, 1.165) is 62.5 Å². The number of nitrogen functional groups attached to an aromatic ring is 1. The van der Waals surface area contributed by atoms with Crippen LogP contribution < -0.4 is 11.1 Å². The third-order valence-corrected chi connectivity index (χ3v) is 3.66. The highest BCUT2D eigenvalue weighted by Crippen LogP contribution is 2.26. The van der Waals surface area contributed by atoms with Crippen molar-refractivity contribution in [2.45, 2.75) is 6.42 Å². The summed E-state index contributed by atoms with van der Waals surface area (Å²) in [6.45, 7) is 5.88. The largest absolute Gasteiger partial charge is 0.462 e. The quantitative estimate of drug-likeness (QED) is 0.646. The fourth-order valence-corrected chi connectivity index (χ4v) is 2.57. The van der Waals surface area contributed by atoms with E-state index < -0.39 is 0 Å². The molecule has 0 radical (unpaired) electrons. The molecule has 2 heterocycles. The van der Waals surface area contributed by atoms with Crippen molar-refractivity contribution in [2.24, 2.45) is 0 Å². The number of hydrogen-bond acceptors (Lipinski definition) is 5. The fourth-order valence-electron chi connectivity index (χ4n) is 2.57. The van der Waals surface area contributed by atoms with Gasteiger partial charge < -0.3 is 20.2 Å². The Kier molecular flexibility index (Phi) is 4.08. The average molecular weight is 275 g/mol. The first-order chi connectivity index (χ1) is 9.83. The average Bonchev–Trinajstić information content (AvgIpc) is 2.94. The van der Waals surface area contributed by atoms with Crippen LogP contribution in [0.2, 0.25) is 0 Å². The predicted molar refractivity (Wildman–Crippen MR) is 81.0 cm³/mol. The smallest absolute Gasteiger partial charge is 0.156 e. The van der Waals surface area contributed by atoms with Crippen LogP contribution in [0.5, 0.6) is 0 Å². The van der Waals surface area contributed by atoms with E-state index in [2.05, 4.69) is 16.3 Å². The van der Waals surface area contributed by atoms with Crippen LogP contribution in [0.15, 0.2) is 28.9 Å². The number of fused-ring (bicyclic) bond motifs is 1. The van der Waals surface area contributed by atoms with E-state index in [-0.39, 0.29) is 0 Å². The molecule has 0 amide bonds. The van der Waals surface area contributed by atoms with Gasteiger partial charge in [0.2, 0.25) is 0 Å². The van der Waals surface area contributed by atoms with Gasteiger partial charge in [-0.1, -0.05) is 0 Å². The van der Waals surface area contributed by atoms with E-state index in [0.29, 0.717) is 5.69 Å². The molecule has 0 aliphatic carbocycles. The molecular weight excluding hydrogens is 254 g/mol. The van der Waals surface area contributed by atoms with Crippen molar-refractivity contribution in [3.63, 3.8) is 0 Å². The number of anilines is 2. The van der Waals surface area contributed by atoms with E-state index in [9.17, 15) is 0 Å². The molecule has 0 unspecified atom stereocenters. The first-order valence-corrected chi connectivity index (χ1v) is 7.13. The van der Waals surface area contributed by atoms with Gasteiger partial charge in [-0.25, -0.2) is 0 Å². The van der Waals surface area contributed by atoms with Crippen LogP contribution >= 0.6 is 0 Å². The lowest BCUT2D eigenvalue weighted by molar-refractivity contribution is 0.0378. The van der Waals surface area contributed by atoms with Crippen LogP contribution in [-0.4, -0.2) is 44.3 Å². The maximum atomic E-state index is 5.97. The molecule has 0 saturated carbocycles. The number of nitrogens with one attached hydrogen (secondary N) is 1. The minimum Gasteiger partial charge on any atom is -0.462 e. The lowest BCUT2D eigenvalue weighted by atomic mass is 10.2. The summed E-state index contributed by atoms with van der Waals surface area (Å²) in [5, 5.41) is 4.47. The van der Waals surface area contributed by atoms with Gasteiger partial charge >= 0.3 is 0 Å². The standard InChI is InChI=1S/C15H21N3O2/c16-14-11-13(10-12-2-7-20-15(12)14)17-3-1-4-18-5-8-19-9-6-18/h2,7,10-11,17H,1,3-6,8-9,16H2. The van der Waals surface area contributed by atoms with Crippen LogP contribution in [-0.2, 0) is 4.74 Å². The first kappa shape index (κ1) is 13.3. The number of nitrogens with two attached hydrogens (primary N) is 1. The van der Waals surface area contributed by atoms with E-state index in [4.69, 9.17) is 14.9 Å². The van der Waals surface area contributed by atoms with Gasteiger partial charge in [-0.15, -0.1) is 0 Å². The molecule has 0 spiro atoms. The number of nitrogens with zero attached hydrogens (tertiary/aromatic N) is 1. The second-order valence-electron chi connectivity index (χ2n) is 5.14. The maximum absolute atomic E-state index is 5.97. The Hall–Kier alpha value is -1.72. The summed E-state index contributed by atoms with van der Waals surface area (Å²) in [5.41, 5.74) is 8.47. The highest BCUT2D eigenvalue weighted by atomic mass is 16.5. The molecular formula is C15H21N3O2. The molecule has 20 heavy (non-hydrogen) atoms. The van der Waals surface area contributed by atoms with Gasteiger partial charge in [0.05, 0.1) is 25.2 Å². The predicted octanol–water partition coefficient (Wildman–Crippen LogP) is 2.15. The van der Waals surface area contributed by atoms with Gasteiger partial charge in [-0.05, 0) is 31.2 Å². The molecule has 0 bridgehead atoms. The molecule has 1 aliphatic heterocycles. The first-order valence-electron chi connectivity index (χ1n) is 7.13. The Morgan fingerprint density at radius 2 is 2.10 bits per heavy atom. The van der Waals surface area contributed by atoms with Crippen LogP contribution in [0, 0.1) is 0 Å². The third-order valence-electron chi connectivity index (χ3n) is 3.66. The van der Waals surface area contributed by atoms with Crippen molar-refractivity contribution in [3.05, 3.63) is 24.5 Å². The van der Waals surface area contributed by atoms with Crippen molar-refractivity contribution < 1.29 is 9.15 Å². The van der Waals surface area contributed by atoms with Crippen LogP contribution in [0.4, 0.5) is 11.4 Å². The van der Waals surface area contributed by atoms with Gasteiger partial charge in [-0.3, -0.25) is 4.90 Å². The highest BCUT2D eigenvalue weighted by Gasteiger charge is 2.09. The van der Waals surface area contributed by atoms with Gasteiger partial charge in [0.25, 0.3) is 0 Å². The van der Waals surface area contributed by atoms with Crippen LogP contribution in [0.1, 0.15) is 6.42 Å². The van der Waals surface area contributed by atoms with E-state index in [1.807, 2.05) is 12.1 Å². The molecule has 0 atom stereocenters. The summed E-state index contributed by atoms with van der Waals surface area (Å²) < 4.78 is 10.7. The molecule has 1 aromatic heterocycles. The normalized spacial score (nSPS) is 16.6. The van der Waals surface area contributed by atoms with Crippen LogP contribution in [0.25, 0.3) is 11.0 Å². The third kappa shape index (κ3) is 3.05. The SMILES string of the molecule is Nc1cc(NCCCN2CCOCC2)cc2ccoc12. The number of rotatable bonds is 5. The molecule has 2 aromatic rings. The number of hydrogen-bond donors (Lipinski definition) is 2. The van der Waals surface area contributed by atoms with E-state index in [1.54, 1.807) is 6.26 Å². The van der Waals surface area contributed by atoms with Gasteiger partial charge in [0.1, 0.15) is 0 Å². The second-order valence-corrected chi connectivity index (χ2v) is 5.14. The van der Waals surface area contributed by atoms with E-state index >= 15 is 0 Å². The molecule has 1 fully saturated rings. The summed E-state index contributed by atoms with van der Waals surface area (Å²) >= 11 is 0. The zero-order valence-corrected chi connectivity index (χ0v) is 11.6. The zero-order chi connectivity index (χ0) is 13.8. The van der Waals surface area contributed by atoms with Crippen LogP contribution in [0.3, 0.4) is 0 Å². The zero-order valence-electron chi connectivity index (χ0n) is 11.6. The van der Waals surface area contributed by atoms with Crippen molar-refractivity contribution in [2.75, 3.05) is 50.4 Å². The Morgan fingerprint density at radius 1 is 1.25 bits per heavy atom. The topological polar surface area (TPSA) is 63.7 Å². The number of furan rings is 1. The van der Waals surface area contributed by atoms with Crippen molar-refractivity contribution in [1.82, 2.24) is 4.90 Å². The van der Waals surface area contributed by atoms with Gasteiger partial charge in [0, 0.05) is 30.7 Å². The molecule has 1 aliphatic rings. The number of morpholine rings is 1. The second kappa shape index (κ2) is 6.15. The number of ether oxygens (including phenoxy) is 1. The minimum absolute atomic E-state index is 0.683. The minimum atomic E-state index is 0.683. The molecule has 108 valence electrons. The van der Waals surface area contributed by atoms with Crippen molar-refractivity contribution in [1.29, 1.82) is 0 Å². The lowest BCUT2D eigenvalue weighted by Crippen LogP contribution is -2.37. The van der Waals surface area contributed by atoms with Crippen molar-refractivity contribution >= 4 is 22.3 Å². The Bertz CT molecular complexity index is 561. The Balaban J connectivity index is 1.49. The molecule has 3 N–H and O–H groups in total. The molecule has 1 aromatic carbocycles. The lowest BCUT2D eigenvalue weighted by Gasteiger charge is -2.26. The van der Waals surface area contributed by atoms with E-state index in [1.165, 1.54) is 0 Å². The Labute approximate surface area is 118 Å². The summed E-state index contributed by atoms with van der Waals surface area (Å²) in [7, 11) is 0. The summed E-state index contributed by atoms with van der Waals surface area (Å²) in [6, 6.07) is 5.94. The maximum Gasteiger partial charge on any atom is 0.156 e. The Morgan fingerprint density at radius 3 is 2.95 bits per heavy atom. The molecule has 5 nitrogen and oxygen atoms in total. The highest BCUT2D eigenvalue weighted by molar-refractivity contribution is 5.91. The molecule has 3 rings (SSSR count). The summed E-state index contributed by atoms with van der Waals surface area (Å²) in [5.74, 6) is 0. The monoisotopic (exact) mass is 275 g/mol. The van der Waals surface area contributed by atoms with Gasteiger partial charge in [-0.2, -0.15) is 0 Å². The number of benzene rings is 1.